The van der Waals surface area contributed by atoms with Crippen molar-refractivity contribution >= 4 is 5.91 Å². The van der Waals surface area contributed by atoms with Crippen molar-refractivity contribution in [2.75, 3.05) is 0 Å². The Morgan fingerprint density at radius 2 is 1.86 bits per heavy atom. The van der Waals surface area contributed by atoms with E-state index in [1.165, 1.54) is 0 Å². The molecule has 0 aromatic rings. The van der Waals surface area contributed by atoms with Crippen LogP contribution in [0.4, 0.5) is 8.78 Å². The molecule has 0 unspecified atom stereocenters. The van der Waals surface area contributed by atoms with Gasteiger partial charge in [0.25, 0.3) is 5.91 Å². The minimum Gasteiger partial charge on any atom is -1.00 e. The van der Waals surface area contributed by atoms with E-state index < -0.39 is 12.3 Å². The van der Waals surface area contributed by atoms with Gasteiger partial charge in [0.2, 0.25) is 0 Å². The van der Waals surface area contributed by atoms with Crippen LogP contribution in [0.1, 0.15) is 1.43 Å². The van der Waals surface area contributed by atoms with Gasteiger partial charge in [0.05, 0.1) is 0 Å². The molecule has 0 rings (SSSR count). The van der Waals surface area contributed by atoms with E-state index in [0.717, 1.165) is 0 Å². The summed E-state index contributed by atoms with van der Waals surface area (Å²) in [5.74, 6) is -1.57. The largest absolute Gasteiger partial charge is 1.00 e. The third-order valence-electron chi connectivity index (χ3n) is 0.215. The third kappa shape index (κ3) is 5.93. The van der Waals surface area contributed by atoms with E-state index in [9.17, 15) is 13.6 Å². The molecule has 7 heavy (non-hydrogen) atoms. The number of halogens is 2. The zero-order valence-electron chi connectivity index (χ0n) is 4.82. The van der Waals surface area contributed by atoms with Gasteiger partial charge in [-0.1, -0.05) is 0 Å². The van der Waals surface area contributed by atoms with Gasteiger partial charge in [0.15, 0.2) is 0 Å². The van der Waals surface area contributed by atoms with Crippen LogP contribution in [0.3, 0.4) is 0 Å². The molecule has 0 bridgehead atoms. The Bertz CT molecular complexity index is 71.1. The molecule has 0 radical (unpaired) electrons. The topological polar surface area (TPSA) is 43.1 Å². The van der Waals surface area contributed by atoms with Crippen LogP contribution >= 0.6 is 0 Å². The van der Waals surface area contributed by atoms with Crippen molar-refractivity contribution in [2.24, 2.45) is 5.73 Å². The second kappa shape index (κ2) is 4.10. The van der Waals surface area contributed by atoms with Gasteiger partial charge >= 0.3 is 25.3 Å². The van der Waals surface area contributed by atoms with Crippen LogP contribution in [0, 0.1) is 0 Å². The maximum atomic E-state index is 10.7. The third-order valence-corrected chi connectivity index (χ3v) is 0.215. The number of hydrogen-bond donors (Lipinski definition) is 1. The number of amides is 1. The molecular weight excluding hydrogens is 99.0 g/mol. The Morgan fingerprint density at radius 1 is 1.71 bits per heavy atom. The van der Waals surface area contributed by atoms with Crippen LogP contribution < -0.4 is 24.6 Å². The Kier molecular flexibility index (Phi) is 5.87. The fourth-order valence-electron chi connectivity index (χ4n) is 0. The van der Waals surface area contributed by atoms with E-state index in [4.69, 9.17) is 0 Å². The average molecular weight is 103 g/mol. The number of hydrogen-bond acceptors (Lipinski definition) is 1. The maximum Gasteiger partial charge on any atom is 1.00 e. The first-order chi connectivity index (χ1) is 2.64. The molecule has 2 N–H and O–H groups in total. The molecule has 0 fully saturated rings. The van der Waals surface area contributed by atoms with Crippen LogP contribution in [0.15, 0.2) is 0 Å². The number of carbonyl (C=O) groups excluding carboxylic acids is 1. The van der Waals surface area contributed by atoms with Crippen molar-refractivity contribution in [2.45, 2.75) is 6.43 Å². The fourth-order valence-corrected chi connectivity index (χ4v) is 0. The standard InChI is InChI=1S/C2H3F2NO.Li.H/c3-1(4)2(5)6;;/h1H,(H2,5,6);;/q;+1;-1. The first-order valence-electron chi connectivity index (χ1n) is 1.22. The number of carbonyl (C=O) groups is 1. The maximum absolute atomic E-state index is 10.7. The quantitative estimate of drug-likeness (QED) is 0.350. The molecule has 0 aliphatic heterocycles. The van der Waals surface area contributed by atoms with Crippen molar-refractivity contribution in [3.05, 3.63) is 0 Å². The minimum absolute atomic E-state index is 0. The van der Waals surface area contributed by atoms with E-state index in [1.807, 2.05) is 0 Å². The van der Waals surface area contributed by atoms with Gasteiger partial charge in [-0.25, -0.2) is 0 Å². The van der Waals surface area contributed by atoms with E-state index in [2.05, 4.69) is 5.73 Å². The second-order valence-corrected chi connectivity index (χ2v) is 0.703. The summed E-state index contributed by atoms with van der Waals surface area (Å²) in [5, 5.41) is 0. The monoisotopic (exact) mass is 103 g/mol. The van der Waals surface area contributed by atoms with Gasteiger partial charge in [-0.15, -0.1) is 0 Å². The Hall–Kier alpha value is -0.0726. The summed E-state index contributed by atoms with van der Waals surface area (Å²) in [6.07, 6.45) is -3.01. The fraction of sp³-hybridized carbons (Fsp3) is 0.500. The second-order valence-electron chi connectivity index (χ2n) is 0.703. The summed E-state index contributed by atoms with van der Waals surface area (Å²) in [6, 6.07) is 0. The van der Waals surface area contributed by atoms with E-state index in [1.54, 1.807) is 0 Å². The van der Waals surface area contributed by atoms with Crippen molar-refractivity contribution in [1.29, 1.82) is 0 Å². The van der Waals surface area contributed by atoms with Gasteiger partial charge in [-0.3, -0.25) is 4.79 Å². The van der Waals surface area contributed by atoms with Crippen LogP contribution in [0.5, 0.6) is 0 Å². The Morgan fingerprint density at radius 3 is 1.86 bits per heavy atom. The number of primary amides is 1. The summed E-state index contributed by atoms with van der Waals surface area (Å²) in [7, 11) is 0. The summed E-state index contributed by atoms with van der Waals surface area (Å²) in [4.78, 5) is 9.17. The molecule has 0 atom stereocenters. The van der Waals surface area contributed by atoms with E-state index >= 15 is 0 Å². The van der Waals surface area contributed by atoms with Crippen molar-refractivity contribution < 1.29 is 33.9 Å². The van der Waals surface area contributed by atoms with Gasteiger partial charge in [-0.05, 0) is 0 Å². The van der Waals surface area contributed by atoms with Gasteiger partial charge in [0.1, 0.15) is 0 Å². The Balaban J connectivity index is -0.000000125. The summed E-state index contributed by atoms with van der Waals surface area (Å²) >= 11 is 0. The van der Waals surface area contributed by atoms with Gasteiger partial charge in [-0.2, -0.15) is 8.78 Å². The molecule has 0 aliphatic rings. The SMILES string of the molecule is NC(=O)C(F)F.[H-].[Li+]. The summed E-state index contributed by atoms with van der Waals surface area (Å²) in [5.41, 5.74) is 4.05. The molecular formula is C2H4F2LiNO. The molecule has 0 aromatic carbocycles. The summed E-state index contributed by atoms with van der Waals surface area (Å²) in [6.45, 7) is 0. The van der Waals surface area contributed by atoms with Gasteiger partial charge < -0.3 is 7.16 Å². The van der Waals surface area contributed by atoms with Crippen molar-refractivity contribution in [3.63, 3.8) is 0 Å². The van der Waals surface area contributed by atoms with Crippen molar-refractivity contribution in [3.8, 4) is 0 Å². The normalized spacial score (nSPS) is 7.86. The first kappa shape index (κ1) is 10.0. The number of nitrogens with two attached hydrogens (primary N) is 1. The molecule has 0 spiro atoms. The average Bonchev–Trinajstić information content (AvgIpc) is 1.36. The zero-order chi connectivity index (χ0) is 5.15. The first-order valence-corrected chi connectivity index (χ1v) is 1.22. The molecule has 2 nitrogen and oxygen atoms in total. The van der Waals surface area contributed by atoms with Crippen LogP contribution in [0.2, 0.25) is 0 Å². The molecule has 0 heterocycles. The number of rotatable bonds is 1. The van der Waals surface area contributed by atoms with E-state index in [0.29, 0.717) is 0 Å². The number of alkyl halides is 2. The smallest absolute Gasteiger partial charge is 1.00 e. The van der Waals surface area contributed by atoms with Crippen LogP contribution in [-0.2, 0) is 4.79 Å². The van der Waals surface area contributed by atoms with Gasteiger partial charge in [0, 0.05) is 0 Å². The summed E-state index contributed by atoms with van der Waals surface area (Å²) < 4.78 is 21.4. The predicted molar refractivity (Wildman–Crippen MR) is 16.3 cm³/mol. The van der Waals surface area contributed by atoms with E-state index in [-0.39, 0.29) is 20.3 Å². The van der Waals surface area contributed by atoms with Crippen molar-refractivity contribution in [1.82, 2.24) is 0 Å². The molecule has 0 saturated heterocycles. The molecule has 5 heteroatoms. The van der Waals surface area contributed by atoms with Crippen LogP contribution in [0.25, 0.3) is 0 Å². The molecule has 0 saturated carbocycles. The predicted octanol–water partition coefficient (Wildman–Crippen LogP) is -3.15. The molecule has 0 aromatic heterocycles. The zero-order valence-corrected chi connectivity index (χ0v) is 3.82. The molecule has 38 valence electrons. The minimum atomic E-state index is -3.01. The molecule has 0 aliphatic carbocycles. The Labute approximate surface area is 52.7 Å². The van der Waals surface area contributed by atoms with Crippen LogP contribution in [-0.4, -0.2) is 12.3 Å². The molecule has 1 amide bonds.